The van der Waals surface area contributed by atoms with Gasteiger partial charge in [-0.1, -0.05) is 0 Å². The van der Waals surface area contributed by atoms with E-state index in [-0.39, 0.29) is 0 Å². The first kappa shape index (κ1) is 9.83. The SMILES string of the molecule is COC(=O)c1cc(OC2CC2)ccc1N. The molecule has 1 fully saturated rings. The van der Waals surface area contributed by atoms with Crippen LogP contribution < -0.4 is 10.5 Å². The van der Waals surface area contributed by atoms with Crippen molar-refractivity contribution in [3.05, 3.63) is 23.8 Å². The van der Waals surface area contributed by atoms with Crippen molar-refractivity contribution >= 4 is 11.7 Å². The zero-order valence-electron chi connectivity index (χ0n) is 8.53. The van der Waals surface area contributed by atoms with Gasteiger partial charge in [0.1, 0.15) is 5.75 Å². The molecule has 1 aromatic carbocycles. The van der Waals surface area contributed by atoms with Crippen LogP contribution in [0.2, 0.25) is 0 Å². The Morgan fingerprint density at radius 1 is 1.47 bits per heavy atom. The number of carbonyl (C=O) groups is 1. The Balaban J connectivity index is 2.22. The van der Waals surface area contributed by atoms with Crippen LogP contribution in [0, 0.1) is 0 Å². The van der Waals surface area contributed by atoms with Crippen molar-refractivity contribution in [3.63, 3.8) is 0 Å². The van der Waals surface area contributed by atoms with E-state index in [1.54, 1.807) is 18.2 Å². The van der Waals surface area contributed by atoms with Gasteiger partial charge in [0, 0.05) is 5.69 Å². The third kappa shape index (κ3) is 2.21. The van der Waals surface area contributed by atoms with Gasteiger partial charge in [-0.15, -0.1) is 0 Å². The Morgan fingerprint density at radius 2 is 2.20 bits per heavy atom. The largest absolute Gasteiger partial charge is 0.490 e. The number of ether oxygens (including phenoxy) is 2. The first-order chi connectivity index (χ1) is 7.20. The average Bonchev–Trinajstić information content (AvgIpc) is 3.04. The molecular formula is C11H13NO3. The average molecular weight is 207 g/mol. The molecular weight excluding hydrogens is 194 g/mol. The number of benzene rings is 1. The normalized spacial score (nSPS) is 14.7. The minimum atomic E-state index is -0.436. The van der Waals surface area contributed by atoms with E-state index in [4.69, 9.17) is 10.5 Å². The maximum absolute atomic E-state index is 11.3. The van der Waals surface area contributed by atoms with Gasteiger partial charge in [-0.25, -0.2) is 4.79 Å². The van der Waals surface area contributed by atoms with Crippen LogP contribution in [0.1, 0.15) is 23.2 Å². The monoisotopic (exact) mass is 207 g/mol. The molecule has 0 saturated heterocycles. The molecule has 0 spiro atoms. The molecule has 4 heteroatoms. The predicted octanol–water partition coefficient (Wildman–Crippen LogP) is 1.60. The predicted molar refractivity (Wildman–Crippen MR) is 55.8 cm³/mol. The van der Waals surface area contributed by atoms with Crippen molar-refractivity contribution in [3.8, 4) is 5.75 Å². The molecule has 2 N–H and O–H groups in total. The summed E-state index contributed by atoms with van der Waals surface area (Å²) in [6.07, 6.45) is 2.47. The van der Waals surface area contributed by atoms with Crippen LogP contribution in [0.25, 0.3) is 0 Å². The maximum atomic E-state index is 11.3. The van der Waals surface area contributed by atoms with E-state index in [1.165, 1.54) is 7.11 Å². The van der Waals surface area contributed by atoms with Gasteiger partial charge in [0.05, 0.1) is 18.8 Å². The highest BCUT2D eigenvalue weighted by atomic mass is 16.5. The molecule has 1 aromatic rings. The lowest BCUT2D eigenvalue weighted by molar-refractivity contribution is 0.0601. The molecule has 0 amide bonds. The number of rotatable bonds is 3. The quantitative estimate of drug-likeness (QED) is 0.604. The molecule has 4 nitrogen and oxygen atoms in total. The molecule has 0 unspecified atom stereocenters. The third-order valence-electron chi connectivity index (χ3n) is 2.26. The lowest BCUT2D eigenvalue weighted by Crippen LogP contribution is -2.06. The Labute approximate surface area is 88.0 Å². The van der Waals surface area contributed by atoms with Crippen LogP contribution in [0.15, 0.2) is 18.2 Å². The second-order valence-corrected chi connectivity index (χ2v) is 3.56. The van der Waals surface area contributed by atoms with Crippen LogP contribution in [0.3, 0.4) is 0 Å². The molecule has 2 rings (SSSR count). The van der Waals surface area contributed by atoms with Crippen molar-refractivity contribution < 1.29 is 14.3 Å². The van der Waals surface area contributed by atoms with Gasteiger partial charge in [0.25, 0.3) is 0 Å². The lowest BCUT2D eigenvalue weighted by Gasteiger charge is -2.08. The lowest BCUT2D eigenvalue weighted by atomic mass is 10.2. The van der Waals surface area contributed by atoms with Gasteiger partial charge in [-0.05, 0) is 31.0 Å². The number of hydrogen-bond acceptors (Lipinski definition) is 4. The summed E-state index contributed by atoms with van der Waals surface area (Å²) in [6.45, 7) is 0. The van der Waals surface area contributed by atoms with Gasteiger partial charge < -0.3 is 15.2 Å². The highest BCUT2D eigenvalue weighted by Crippen LogP contribution is 2.28. The summed E-state index contributed by atoms with van der Waals surface area (Å²) in [4.78, 5) is 11.3. The van der Waals surface area contributed by atoms with Crippen molar-refractivity contribution in [2.75, 3.05) is 12.8 Å². The summed E-state index contributed by atoms with van der Waals surface area (Å²) in [5.74, 6) is 0.237. The van der Waals surface area contributed by atoms with E-state index < -0.39 is 5.97 Å². The molecule has 0 aromatic heterocycles. The summed E-state index contributed by atoms with van der Waals surface area (Å²) < 4.78 is 10.2. The van der Waals surface area contributed by atoms with Gasteiger partial charge in [0.2, 0.25) is 0 Å². The Bertz CT molecular complexity index is 385. The van der Waals surface area contributed by atoms with Crippen LogP contribution in [0.4, 0.5) is 5.69 Å². The highest BCUT2D eigenvalue weighted by molar-refractivity contribution is 5.95. The first-order valence-corrected chi connectivity index (χ1v) is 4.85. The second kappa shape index (κ2) is 3.81. The van der Waals surface area contributed by atoms with E-state index in [2.05, 4.69) is 4.74 Å². The topological polar surface area (TPSA) is 61.5 Å². The Hall–Kier alpha value is -1.71. The summed E-state index contributed by atoms with van der Waals surface area (Å²) in [7, 11) is 1.33. The highest BCUT2D eigenvalue weighted by Gasteiger charge is 2.24. The van der Waals surface area contributed by atoms with Crippen LogP contribution in [-0.2, 0) is 4.74 Å². The summed E-state index contributed by atoms with van der Waals surface area (Å²) in [5.41, 5.74) is 6.42. The first-order valence-electron chi connectivity index (χ1n) is 4.85. The minimum absolute atomic E-state index is 0.305. The molecule has 80 valence electrons. The summed E-state index contributed by atoms with van der Waals surface area (Å²) in [5, 5.41) is 0. The molecule has 0 atom stereocenters. The van der Waals surface area contributed by atoms with Crippen LogP contribution in [0.5, 0.6) is 5.75 Å². The van der Waals surface area contributed by atoms with Crippen molar-refractivity contribution in [2.45, 2.75) is 18.9 Å². The van der Waals surface area contributed by atoms with Crippen LogP contribution >= 0.6 is 0 Å². The number of anilines is 1. The smallest absolute Gasteiger partial charge is 0.340 e. The zero-order chi connectivity index (χ0) is 10.8. The van der Waals surface area contributed by atoms with E-state index in [0.717, 1.165) is 12.8 Å². The Morgan fingerprint density at radius 3 is 2.80 bits per heavy atom. The van der Waals surface area contributed by atoms with E-state index >= 15 is 0 Å². The van der Waals surface area contributed by atoms with Crippen molar-refractivity contribution in [2.24, 2.45) is 0 Å². The number of carbonyl (C=O) groups excluding carboxylic acids is 1. The fourth-order valence-corrected chi connectivity index (χ4v) is 1.27. The van der Waals surface area contributed by atoms with Crippen molar-refractivity contribution in [1.29, 1.82) is 0 Å². The minimum Gasteiger partial charge on any atom is -0.490 e. The molecule has 15 heavy (non-hydrogen) atoms. The third-order valence-corrected chi connectivity index (χ3v) is 2.26. The summed E-state index contributed by atoms with van der Waals surface area (Å²) >= 11 is 0. The standard InChI is InChI=1S/C11H13NO3/c1-14-11(13)9-6-8(4-5-10(9)12)15-7-2-3-7/h4-7H,2-3,12H2,1H3. The maximum Gasteiger partial charge on any atom is 0.340 e. The van der Waals surface area contributed by atoms with E-state index in [9.17, 15) is 4.79 Å². The molecule has 1 saturated carbocycles. The Kier molecular flexibility index (Phi) is 2.49. The van der Waals surface area contributed by atoms with Gasteiger partial charge in [0.15, 0.2) is 0 Å². The molecule has 0 heterocycles. The molecule has 0 bridgehead atoms. The molecule has 0 radical (unpaired) electrons. The van der Waals surface area contributed by atoms with Gasteiger partial charge >= 0.3 is 5.97 Å². The van der Waals surface area contributed by atoms with E-state index in [0.29, 0.717) is 23.1 Å². The number of esters is 1. The fraction of sp³-hybridized carbons (Fsp3) is 0.364. The number of methoxy groups -OCH3 is 1. The number of hydrogen-bond donors (Lipinski definition) is 1. The van der Waals surface area contributed by atoms with Gasteiger partial charge in [-0.2, -0.15) is 0 Å². The second-order valence-electron chi connectivity index (χ2n) is 3.56. The van der Waals surface area contributed by atoms with Gasteiger partial charge in [-0.3, -0.25) is 0 Å². The van der Waals surface area contributed by atoms with Crippen molar-refractivity contribution in [1.82, 2.24) is 0 Å². The summed E-state index contributed by atoms with van der Waals surface area (Å²) in [6, 6.07) is 5.05. The number of nitrogens with two attached hydrogens (primary N) is 1. The van der Waals surface area contributed by atoms with E-state index in [1.807, 2.05) is 0 Å². The van der Waals surface area contributed by atoms with Crippen LogP contribution in [-0.4, -0.2) is 19.2 Å². The molecule has 1 aliphatic carbocycles. The molecule has 1 aliphatic rings. The molecule has 0 aliphatic heterocycles. The fourth-order valence-electron chi connectivity index (χ4n) is 1.27. The number of nitrogen functional groups attached to an aromatic ring is 1. The zero-order valence-corrected chi connectivity index (χ0v) is 8.53.